The molecule has 1 spiro atoms. The lowest BCUT2D eigenvalue weighted by Gasteiger charge is -2.40. The highest BCUT2D eigenvalue weighted by atomic mass is 16.6. The van der Waals surface area contributed by atoms with E-state index in [-0.39, 0.29) is 11.5 Å². The van der Waals surface area contributed by atoms with E-state index in [4.69, 9.17) is 14.2 Å². The Morgan fingerprint density at radius 1 is 1.31 bits per heavy atom. The number of aryl methyl sites for hydroxylation is 1. The van der Waals surface area contributed by atoms with Gasteiger partial charge in [-0.1, -0.05) is 0 Å². The Labute approximate surface area is 172 Å². The van der Waals surface area contributed by atoms with Gasteiger partial charge in [0.15, 0.2) is 0 Å². The lowest BCUT2D eigenvalue weighted by atomic mass is 9.92. The standard InChI is InChI=1S/C21H32N4O4/c1-16-11-22-12-17(23-16)13-24-8-9-29-21(14-24)10-18(28-15-21)19(26)25-6-4-20(2,27-3)5-7-25/h11-12,18H,4-10,13-15H2,1-3H3. The molecule has 8 heteroatoms. The molecule has 29 heavy (non-hydrogen) atoms. The maximum absolute atomic E-state index is 13.0. The molecule has 0 radical (unpaired) electrons. The molecule has 2 unspecified atom stereocenters. The van der Waals surface area contributed by atoms with Crippen molar-refractivity contribution in [3.8, 4) is 0 Å². The van der Waals surface area contributed by atoms with Crippen LogP contribution in [0.15, 0.2) is 12.4 Å². The Bertz CT molecular complexity index is 737. The minimum absolute atomic E-state index is 0.0882. The van der Waals surface area contributed by atoms with Crippen molar-refractivity contribution in [3.05, 3.63) is 23.8 Å². The van der Waals surface area contributed by atoms with Gasteiger partial charge in [-0.15, -0.1) is 0 Å². The van der Waals surface area contributed by atoms with Crippen LogP contribution in [0.25, 0.3) is 0 Å². The number of piperidine rings is 1. The average Bonchev–Trinajstić information content (AvgIpc) is 3.11. The van der Waals surface area contributed by atoms with Gasteiger partial charge in [0.2, 0.25) is 0 Å². The van der Waals surface area contributed by atoms with Crippen molar-refractivity contribution < 1.29 is 19.0 Å². The number of hydrogen-bond acceptors (Lipinski definition) is 7. The first-order valence-electron chi connectivity index (χ1n) is 10.5. The minimum Gasteiger partial charge on any atom is -0.378 e. The molecule has 3 aliphatic rings. The zero-order chi connectivity index (χ0) is 20.5. The third-order valence-electron chi connectivity index (χ3n) is 6.52. The van der Waals surface area contributed by atoms with E-state index in [2.05, 4.69) is 21.8 Å². The predicted molar refractivity (Wildman–Crippen MR) is 106 cm³/mol. The number of methoxy groups -OCH3 is 1. The van der Waals surface area contributed by atoms with Crippen LogP contribution in [0.4, 0.5) is 0 Å². The molecule has 8 nitrogen and oxygen atoms in total. The van der Waals surface area contributed by atoms with E-state index in [1.54, 1.807) is 13.3 Å². The maximum atomic E-state index is 13.0. The van der Waals surface area contributed by atoms with Gasteiger partial charge in [-0.25, -0.2) is 0 Å². The van der Waals surface area contributed by atoms with Gasteiger partial charge >= 0.3 is 0 Å². The van der Waals surface area contributed by atoms with Gasteiger partial charge in [-0.05, 0) is 26.7 Å². The molecule has 0 aromatic carbocycles. The predicted octanol–water partition coefficient (Wildman–Crippen LogP) is 1.17. The number of morpholine rings is 1. The van der Waals surface area contributed by atoms with E-state index in [0.29, 0.717) is 19.6 Å². The second-order valence-electron chi connectivity index (χ2n) is 8.88. The average molecular weight is 405 g/mol. The third kappa shape index (κ3) is 4.60. The summed E-state index contributed by atoms with van der Waals surface area (Å²) >= 11 is 0. The van der Waals surface area contributed by atoms with Crippen LogP contribution < -0.4 is 0 Å². The first-order chi connectivity index (χ1) is 13.9. The topological polar surface area (TPSA) is 77.0 Å². The van der Waals surface area contributed by atoms with Crippen LogP contribution in [0.1, 0.15) is 37.6 Å². The summed E-state index contributed by atoms with van der Waals surface area (Å²) in [5.74, 6) is 0.0882. The van der Waals surface area contributed by atoms with Crippen LogP contribution in [-0.4, -0.2) is 89.5 Å². The number of aromatic nitrogens is 2. The second kappa shape index (κ2) is 8.26. The SMILES string of the molecule is COC1(C)CCN(C(=O)C2CC3(CO2)CN(Cc2cncc(C)n2)CCO3)CC1. The van der Waals surface area contributed by atoms with Crippen LogP contribution in [0.3, 0.4) is 0 Å². The summed E-state index contributed by atoms with van der Waals surface area (Å²) < 4.78 is 17.7. The summed E-state index contributed by atoms with van der Waals surface area (Å²) in [7, 11) is 1.75. The van der Waals surface area contributed by atoms with Crippen LogP contribution >= 0.6 is 0 Å². The highest BCUT2D eigenvalue weighted by Crippen LogP contribution is 2.34. The Balaban J connectivity index is 1.34. The maximum Gasteiger partial charge on any atom is 0.251 e. The molecule has 3 saturated heterocycles. The highest BCUT2D eigenvalue weighted by molar-refractivity contribution is 5.81. The number of rotatable bonds is 4. The van der Waals surface area contributed by atoms with Crippen LogP contribution in [0.2, 0.25) is 0 Å². The molecule has 0 N–H and O–H groups in total. The van der Waals surface area contributed by atoms with Crippen molar-refractivity contribution in [2.45, 2.75) is 57.0 Å². The zero-order valence-electron chi connectivity index (χ0n) is 17.7. The minimum atomic E-state index is -0.416. The molecular weight excluding hydrogens is 372 g/mol. The highest BCUT2D eigenvalue weighted by Gasteiger charge is 2.48. The van der Waals surface area contributed by atoms with E-state index in [1.807, 2.05) is 18.0 Å². The number of carbonyl (C=O) groups is 1. The molecule has 160 valence electrons. The fourth-order valence-electron chi connectivity index (χ4n) is 4.56. The Hall–Kier alpha value is -1.61. The molecule has 1 aromatic heterocycles. The van der Waals surface area contributed by atoms with Crippen molar-refractivity contribution in [2.75, 3.05) is 46.5 Å². The first-order valence-corrected chi connectivity index (χ1v) is 10.5. The Morgan fingerprint density at radius 2 is 2.10 bits per heavy atom. The molecule has 3 aliphatic heterocycles. The Kier molecular flexibility index (Phi) is 5.88. The first kappa shape index (κ1) is 20.7. The van der Waals surface area contributed by atoms with Crippen molar-refractivity contribution >= 4 is 5.91 Å². The number of ether oxygens (including phenoxy) is 3. The zero-order valence-corrected chi connectivity index (χ0v) is 17.7. The van der Waals surface area contributed by atoms with Gasteiger partial charge < -0.3 is 19.1 Å². The van der Waals surface area contributed by atoms with E-state index in [0.717, 1.165) is 57.0 Å². The van der Waals surface area contributed by atoms with Crippen LogP contribution in [0, 0.1) is 6.92 Å². The van der Waals surface area contributed by atoms with Gasteiger partial charge in [0, 0.05) is 58.6 Å². The summed E-state index contributed by atoms with van der Waals surface area (Å²) in [6, 6.07) is 0. The van der Waals surface area contributed by atoms with E-state index in [1.165, 1.54) is 0 Å². The Morgan fingerprint density at radius 3 is 2.83 bits per heavy atom. The van der Waals surface area contributed by atoms with Crippen molar-refractivity contribution in [1.82, 2.24) is 19.8 Å². The number of carbonyl (C=O) groups excluding carboxylic acids is 1. The lowest BCUT2D eigenvalue weighted by Crippen LogP contribution is -2.53. The molecule has 2 atom stereocenters. The van der Waals surface area contributed by atoms with Crippen LogP contribution in [0.5, 0.6) is 0 Å². The molecule has 3 fully saturated rings. The molecule has 4 heterocycles. The van der Waals surface area contributed by atoms with E-state index < -0.39 is 11.7 Å². The summed E-state index contributed by atoms with van der Waals surface area (Å²) in [6.07, 6.45) is 5.49. The largest absolute Gasteiger partial charge is 0.378 e. The monoisotopic (exact) mass is 404 g/mol. The fourth-order valence-corrected chi connectivity index (χ4v) is 4.56. The van der Waals surface area contributed by atoms with Crippen molar-refractivity contribution in [3.63, 3.8) is 0 Å². The smallest absolute Gasteiger partial charge is 0.251 e. The van der Waals surface area contributed by atoms with Gasteiger partial charge in [-0.2, -0.15) is 0 Å². The summed E-state index contributed by atoms with van der Waals surface area (Å²) in [5.41, 5.74) is 1.35. The molecule has 1 amide bonds. The normalized spacial score (nSPS) is 30.0. The number of hydrogen-bond donors (Lipinski definition) is 0. The third-order valence-corrected chi connectivity index (χ3v) is 6.52. The lowest BCUT2D eigenvalue weighted by molar-refractivity contribution is -0.145. The second-order valence-corrected chi connectivity index (χ2v) is 8.88. The van der Waals surface area contributed by atoms with E-state index in [9.17, 15) is 4.79 Å². The van der Waals surface area contributed by atoms with Gasteiger partial charge in [-0.3, -0.25) is 19.7 Å². The molecule has 4 rings (SSSR count). The van der Waals surface area contributed by atoms with E-state index >= 15 is 0 Å². The molecule has 1 aromatic rings. The summed E-state index contributed by atoms with van der Waals surface area (Å²) in [5, 5.41) is 0. The molecule has 0 bridgehead atoms. The number of likely N-dealkylation sites (tertiary alicyclic amines) is 1. The van der Waals surface area contributed by atoms with Gasteiger partial charge in [0.05, 0.1) is 30.2 Å². The summed E-state index contributed by atoms with van der Waals surface area (Å²) in [4.78, 5) is 26.1. The quantitative estimate of drug-likeness (QED) is 0.746. The molecule has 0 aliphatic carbocycles. The number of nitrogens with zero attached hydrogens (tertiary/aromatic N) is 4. The fraction of sp³-hybridized carbons (Fsp3) is 0.762. The van der Waals surface area contributed by atoms with Crippen molar-refractivity contribution in [2.24, 2.45) is 0 Å². The molecule has 0 saturated carbocycles. The van der Waals surface area contributed by atoms with Crippen molar-refractivity contribution in [1.29, 1.82) is 0 Å². The molecular formula is C21H32N4O4. The summed E-state index contributed by atoms with van der Waals surface area (Å²) in [6.45, 7) is 8.92. The van der Waals surface area contributed by atoms with Crippen LogP contribution in [-0.2, 0) is 25.5 Å². The number of amides is 1. The van der Waals surface area contributed by atoms with Gasteiger partial charge in [0.1, 0.15) is 11.7 Å². The van der Waals surface area contributed by atoms with Gasteiger partial charge in [0.25, 0.3) is 5.91 Å².